The van der Waals surface area contributed by atoms with E-state index in [0.29, 0.717) is 11.0 Å². The monoisotopic (exact) mass is 291 g/mol. The Morgan fingerprint density at radius 1 is 1.50 bits per heavy atom. The molecule has 2 unspecified atom stereocenters. The summed E-state index contributed by atoms with van der Waals surface area (Å²) in [7, 11) is 0. The highest BCUT2D eigenvalue weighted by atomic mass is 32.1. The van der Waals surface area contributed by atoms with Crippen LogP contribution in [-0.4, -0.2) is 16.4 Å². The summed E-state index contributed by atoms with van der Waals surface area (Å²) in [5, 5.41) is 0.606. The zero-order chi connectivity index (χ0) is 14.1. The SMILES string of the molecule is CC1CC(c2cccc(F)c2)N(Cc2cnc(N)s2)C1. The smallest absolute Gasteiger partial charge is 0.180 e. The highest BCUT2D eigenvalue weighted by Crippen LogP contribution is 2.37. The van der Waals surface area contributed by atoms with E-state index in [-0.39, 0.29) is 11.9 Å². The van der Waals surface area contributed by atoms with E-state index >= 15 is 0 Å². The van der Waals surface area contributed by atoms with Gasteiger partial charge in [0.2, 0.25) is 0 Å². The quantitative estimate of drug-likeness (QED) is 0.942. The van der Waals surface area contributed by atoms with Gasteiger partial charge in [-0.25, -0.2) is 9.37 Å². The first-order valence-electron chi connectivity index (χ1n) is 6.81. The van der Waals surface area contributed by atoms with E-state index in [0.717, 1.165) is 30.0 Å². The van der Waals surface area contributed by atoms with Crippen LogP contribution in [0.15, 0.2) is 30.5 Å². The lowest BCUT2D eigenvalue weighted by molar-refractivity contribution is 0.247. The van der Waals surface area contributed by atoms with Crippen LogP contribution >= 0.6 is 11.3 Å². The fraction of sp³-hybridized carbons (Fsp3) is 0.400. The highest BCUT2D eigenvalue weighted by molar-refractivity contribution is 7.15. The first-order chi connectivity index (χ1) is 9.61. The Morgan fingerprint density at radius 3 is 3.05 bits per heavy atom. The second-order valence-electron chi connectivity index (χ2n) is 5.51. The number of hydrogen-bond acceptors (Lipinski definition) is 4. The number of hydrogen-bond donors (Lipinski definition) is 1. The van der Waals surface area contributed by atoms with E-state index in [9.17, 15) is 4.39 Å². The van der Waals surface area contributed by atoms with E-state index < -0.39 is 0 Å². The number of nitrogens with two attached hydrogens (primary N) is 1. The van der Waals surface area contributed by atoms with Crippen LogP contribution in [0, 0.1) is 11.7 Å². The van der Waals surface area contributed by atoms with Gasteiger partial charge in [0.15, 0.2) is 5.13 Å². The zero-order valence-electron chi connectivity index (χ0n) is 11.4. The Balaban J connectivity index is 1.81. The van der Waals surface area contributed by atoms with Gasteiger partial charge in [-0.2, -0.15) is 0 Å². The molecule has 0 amide bonds. The van der Waals surface area contributed by atoms with Crippen molar-refractivity contribution in [1.29, 1.82) is 0 Å². The molecule has 0 bridgehead atoms. The molecule has 3 nitrogen and oxygen atoms in total. The van der Waals surface area contributed by atoms with Crippen LogP contribution in [0.1, 0.15) is 29.8 Å². The Labute approximate surface area is 122 Å². The molecule has 0 radical (unpaired) electrons. The minimum atomic E-state index is -0.163. The zero-order valence-corrected chi connectivity index (χ0v) is 12.2. The summed E-state index contributed by atoms with van der Waals surface area (Å²) >= 11 is 1.53. The van der Waals surface area contributed by atoms with E-state index in [2.05, 4.69) is 16.8 Å². The third-order valence-corrected chi connectivity index (χ3v) is 4.59. The van der Waals surface area contributed by atoms with Crippen molar-refractivity contribution in [2.24, 2.45) is 5.92 Å². The molecule has 2 N–H and O–H groups in total. The maximum Gasteiger partial charge on any atom is 0.180 e. The number of aromatic nitrogens is 1. The van der Waals surface area contributed by atoms with Crippen molar-refractivity contribution in [2.45, 2.75) is 25.9 Å². The Morgan fingerprint density at radius 2 is 2.35 bits per heavy atom. The van der Waals surface area contributed by atoms with E-state index in [1.165, 1.54) is 17.4 Å². The molecule has 1 saturated heterocycles. The molecule has 0 aliphatic carbocycles. The predicted molar refractivity (Wildman–Crippen MR) is 79.9 cm³/mol. The first-order valence-corrected chi connectivity index (χ1v) is 7.63. The molecule has 1 aromatic heterocycles. The average Bonchev–Trinajstić information content (AvgIpc) is 2.96. The second kappa shape index (κ2) is 5.50. The lowest BCUT2D eigenvalue weighted by Gasteiger charge is -2.24. The number of anilines is 1. The fourth-order valence-electron chi connectivity index (χ4n) is 2.96. The van der Waals surface area contributed by atoms with Gasteiger partial charge in [-0.3, -0.25) is 4.90 Å². The molecule has 2 atom stereocenters. The molecule has 5 heteroatoms. The van der Waals surface area contributed by atoms with Gasteiger partial charge < -0.3 is 5.73 Å². The number of thiazole rings is 1. The van der Waals surface area contributed by atoms with Crippen molar-refractivity contribution >= 4 is 16.5 Å². The highest BCUT2D eigenvalue weighted by Gasteiger charge is 2.31. The number of halogens is 1. The molecule has 1 fully saturated rings. The summed E-state index contributed by atoms with van der Waals surface area (Å²) in [6.07, 6.45) is 2.91. The van der Waals surface area contributed by atoms with E-state index in [4.69, 9.17) is 5.73 Å². The topological polar surface area (TPSA) is 42.2 Å². The lowest BCUT2D eigenvalue weighted by Crippen LogP contribution is -2.23. The van der Waals surface area contributed by atoms with Crippen LogP contribution in [-0.2, 0) is 6.54 Å². The van der Waals surface area contributed by atoms with Gasteiger partial charge in [0.1, 0.15) is 5.82 Å². The largest absolute Gasteiger partial charge is 0.375 e. The summed E-state index contributed by atoms with van der Waals surface area (Å²) in [6, 6.07) is 7.23. The molecule has 106 valence electrons. The molecule has 3 rings (SSSR count). The van der Waals surface area contributed by atoms with Crippen molar-refractivity contribution in [1.82, 2.24) is 9.88 Å². The third-order valence-electron chi connectivity index (χ3n) is 3.78. The van der Waals surface area contributed by atoms with Gasteiger partial charge in [-0.05, 0) is 30.0 Å². The van der Waals surface area contributed by atoms with E-state index in [1.807, 2.05) is 12.3 Å². The van der Waals surface area contributed by atoms with Crippen LogP contribution in [0.2, 0.25) is 0 Å². The molecule has 1 aromatic carbocycles. The molecule has 20 heavy (non-hydrogen) atoms. The van der Waals surface area contributed by atoms with Gasteiger partial charge in [0.05, 0.1) is 0 Å². The van der Waals surface area contributed by atoms with Crippen LogP contribution < -0.4 is 5.73 Å². The summed E-state index contributed by atoms with van der Waals surface area (Å²) in [4.78, 5) is 7.66. The third kappa shape index (κ3) is 2.83. The van der Waals surface area contributed by atoms with Crippen LogP contribution in [0.25, 0.3) is 0 Å². The van der Waals surface area contributed by atoms with Crippen molar-refractivity contribution in [2.75, 3.05) is 12.3 Å². The fourth-order valence-corrected chi connectivity index (χ4v) is 3.67. The molecule has 2 aromatic rings. The van der Waals surface area contributed by atoms with Crippen molar-refractivity contribution < 1.29 is 4.39 Å². The van der Waals surface area contributed by atoms with Gasteiger partial charge >= 0.3 is 0 Å². The van der Waals surface area contributed by atoms with E-state index in [1.54, 1.807) is 12.1 Å². The molecule has 1 aliphatic rings. The maximum absolute atomic E-state index is 13.4. The number of likely N-dealkylation sites (tertiary alicyclic amines) is 1. The molecule has 2 heterocycles. The minimum Gasteiger partial charge on any atom is -0.375 e. The van der Waals surface area contributed by atoms with Crippen molar-refractivity contribution in [3.05, 3.63) is 46.7 Å². The summed E-state index contributed by atoms with van der Waals surface area (Å²) in [5.41, 5.74) is 6.75. The van der Waals surface area contributed by atoms with Gasteiger partial charge in [0.25, 0.3) is 0 Å². The average molecular weight is 291 g/mol. The lowest BCUT2D eigenvalue weighted by atomic mass is 10.0. The van der Waals surface area contributed by atoms with Crippen molar-refractivity contribution in [3.63, 3.8) is 0 Å². The summed E-state index contributed by atoms with van der Waals surface area (Å²) < 4.78 is 13.4. The number of nitrogen functional groups attached to an aromatic ring is 1. The predicted octanol–water partition coefficient (Wildman–Crippen LogP) is 3.45. The Kier molecular flexibility index (Phi) is 3.72. The van der Waals surface area contributed by atoms with Crippen LogP contribution in [0.3, 0.4) is 0 Å². The van der Waals surface area contributed by atoms with Gasteiger partial charge in [0, 0.05) is 30.2 Å². The Hall–Kier alpha value is -1.46. The summed E-state index contributed by atoms with van der Waals surface area (Å²) in [6.45, 7) is 4.10. The first kappa shape index (κ1) is 13.5. The number of benzene rings is 1. The minimum absolute atomic E-state index is 0.163. The van der Waals surface area contributed by atoms with Crippen molar-refractivity contribution in [3.8, 4) is 0 Å². The molecular formula is C15H18FN3S. The molecular weight excluding hydrogens is 273 g/mol. The second-order valence-corrected chi connectivity index (χ2v) is 6.65. The number of nitrogens with zero attached hydrogens (tertiary/aromatic N) is 2. The molecule has 0 spiro atoms. The maximum atomic E-state index is 13.4. The number of rotatable bonds is 3. The standard InChI is InChI=1S/C15H18FN3S/c1-10-5-14(11-3-2-4-12(16)6-11)19(8-10)9-13-7-18-15(17)20-13/h2-4,6-7,10,14H,5,8-9H2,1H3,(H2,17,18). The summed E-state index contributed by atoms with van der Waals surface area (Å²) in [5.74, 6) is 0.456. The van der Waals surface area contributed by atoms with Gasteiger partial charge in [-0.15, -0.1) is 11.3 Å². The van der Waals surface area contributed by atoms with Crippen LogP contribution in [0.5, 0.6) is 0 Å². The molecule has 0 saturated carbocycles. The van der Waals surface area contributed by atoms with Gasteiger partial charge in [-0.1, -0.05) is 19.1 Å². The Bertz CT molecular complexity index is 598. The normalized spacial score (nSPS) is 23.3. The molecule has 1 aliphatic heterocycles. The van der Waals surface area contributed by atoms with Crippen LogP contribution in [0.4, 0.5) is 9.52 Å².